The van der Waals surface area contributed by atoms with Gasteiger partial charge in [0.25, 0.3) is 0 Å². The molecule has 1 unspecified atom stereocenters. The van der Waals surface area contributed by atoms with Crippen LogP contribution in [-0.4, -0.2) is 28.8 Å². The maximum atomic E-state index is 12.4. The summed E-state index contributed by atoms with van der Waals surface area (Å²) < 4.78 is 0. The van der Waals surface area contributed by atoms with Crippen LogP contribution in [0, 0.1) is 11.3 Å². The van der Waals surface area contributed by atoms with E-state index in [2.05, 4.69) is 5.32 Å². The van der Waals surface area contributed by atoms with Gasteiger partial charge in [-0.2, -0.15) is 0 Å². The Balaban J connectivity index is 1.87. The van der Waals surface area contributed by atoms with Crippen molar-refractivity contribution in [3.63, 3.8) is 0 Å². The zero-order valence-corrected chi connectivity index (χ0v) is 13.9. The molecule has 0 aliphatic heterocycles. The zero-order chi connectivity index (χ0) is 16.2. The van der Waals surface area contributed by atoms with Crippen LogP contribution in [0.4, 0.5) is 0 Å². The molecule has 1 amide bonds. The van der Waals surface area contributed by atoms with Gasteiger partial charge in [-0.05, 0) is 24.3 Å². The highest BCUT2D eigenvalue weighted by Gasteiger charge is 2.50. The number of carbonyl (C=O) groups excluding carboxylic acids is 1. The third-order valence-corrected chi connectivity index (χ3v) is 5.66. The lowest BCUT2D eigenvalue weighted by atomic mass is 10.1. The van der Waals surface area contributed by atoms with Crippen molar-refractivity contribution in [2.75, 3.05) is 6.54 Å². The molecule has 0 spiro atoms. The fourth-order valence-electron chi connectivity index (χ4n) is 2.31. The summed E-state index contributed by atoms with van der Waals surface area (Å²) >= 11 is 1.61. The van der Waals surface area contributed by atoms with Crippen LogP contribution in [0.1, 0.15) is 32.3 Å². The minimum absolute atomic E-state index is 0.0524. The van der Waals surface area contributed by atoms with E-state index >= 15 is 0 Å². The SMILES string of the molecule is CC(C)C(SCc1ccccc1)C(=O)NCC1(C(=O)O)CC1. The Morgan fingerprint density at radius 1 is 1.27 bits per heavy atom. The molecule has 22 heavy (non-hydrogen) atoms. The topological polar surface area (TPSA) is 66.4 Å². The first-order valence-corrected chi connectivity index (χ1v) is 8.66. The van der Waals surface area contributed by atoms with Crippen molar-refractivity contribution in [1.82, 2.24) is 5.32 Å². The first-order valence-electron chi connectivity index (χ1n) is 7.61. The monoisotopic (exact) mass is 321 g/mol. The lowest BCUT2D eigenvalue weighted by Crippen LogP contribution is -2.40. The van der Waals surface area contributed by atoms with Gasteiger partial charge < -0.3 is 10.4 Å². The second-order valence-electron chi connectivity index (χ2n) is 6.26. The van der Waals surface area contributed by atoms with Gasteiger partial charge in [0, 0.05) is 12.3 Å². The Hall–Kier alpha value is -1.49. The highest BCUT2D eigenvalue weighted by molar-refractivity contribution is 7.99. The minimum Gasteiger partial charge on any atom is -0.481 e. The van der Waals surface area contributed by atoms with Gasteiger partial charge >= 0.3 is 5.97 Å². The Bertz CT molecular complexity index is 526. The first kappa shape index (κ1) is 16.9. The van der Waals surface area contributed by atoms with Crippen LogP contribution in [0.25, 0.3) is 0 Å². The molecule has 0 heterocycles. The Labute approximate surface area is 135 Å². The van der Waals surface area contributed by atoms with E-state index in [0.717, 1.165) is 5.75 Å². The second kappa shape index (κ2) is 7.18. The molecule has 5 heteroatoms. The molecule has 0 saturated heterocycles. The van der Waals surface area contributed by atoms with Crippen LogP contribution in [0.15, 0.2) is 30.3 Å². The summed E-state index contributed by atoms with van der Waals surface area (Å²) in [6, 6.07) is 10.0. The smallest absolute Gasteiger partial charge is 0.311 e. The van der Waals surface area contributed by atoms with Crippen LogP contribution in [0.3, 0.4) is 0 Å². The molecular formula is C17H23NO3S. The molecule has 1 aromatic rings. The third-order valence-electron chi connectivity index (χ3n) is 4.04. The lowest BCUT2D eigenvalue weighted by molar-refractivity contribution is -0.143. The number of aliphatic carboxylic acids is 1. The Kier molecular flexibility index (Phi) is 5.51. The van der Waals surface area contributed by atoms with E-state index in [9.17, 15) is 9.59 Å². The van der Waals surface area contributed by atoms with Crippen LogP contribution in [0.5, 0.6) is 0 Å². The maximum absolute atomic E-state index is 12.4. The predicted molar refractivity (Wildman–Crippen MR) is 88.7 cm³/mol. The molecule has 0 bridgehead atoms. The van der Waals surface area contributed by atoms with Crippen molar-refractivity contribution in [3.05, 3.63) is 35.9 Å². The highest BCUT2D eigenvalue weighted by Crippen LogP contribution is 2.45. The molecule has 4 nitrogen and oxygen atoms in total. The van der Waals surface area contributed by atoms with E-state index in [-0.39, 0.29) is 23.6 Å². The molecule has 0 aromatic heterocycles. The summed E-state index contributed by atoms with van der Waals surface area (Å²) in [5.41, 5.74) is 0.483. The summed E-state index contributed by atoms with van der Waals surface area (Å²) in [5, 5.41) is 11.8. The van der Waals surface area contributed by atoms with Gasteiger partial charge in [0.2, 0.25) is 5.91 Å². The van der Waals surface area contributed by atoms with Gasteiger partial charge in [-0.25, -0.2) is 0 Å². The highest BCUT2D eigenvalue weighted by atomic mass is 32.2. The molecule has 2 rings (SSSR count). The maximum Gasteiger partial charge on any atom is 0.311 e. The Morgan fingerprint density at radius 3 is 2.41 bits per heavy atom. The summed E-state index contributed by atoms with van der Waals surface area (Å²) in [5.74, 6) is 0.129. The molecule has 2 N–H and O–H groups in total. The number of amides is 1. The van der Waals surface area contributed by atoms with Crippen LogP contribution in [-0.2, 0) is 15.3 Å². The molecule has 1 saturated carbocycles. The zero-order valence-electron chi connectivity index (χ0n) is 13.0. The average molecular weight is 321 g/mol. The van der Waals surface area contributed by atoms with Crippen molar-refractivity contribution < 1.29 is 14.7 Å². The van der Waals surface area contributed by atoms with E-state index in [1.54, 1.807) is 11.8 Å². The van der Waals surface area contributed by atoms with Gasteiger partial charge in [-0.3, -0.25) is 9.59 Å². The van der Waals surface area contributed by atoms with Gasteiger partial charge in [-0.1, -0.05) is 44.2 Å². The molecule has 1 aliphatic carbocycles. The number of hydrogen-bond donors (Lipinski definition) is 2. The van der Waals surface area contributed by atoms with Crippen LogP contribution < -0.4 is 5.32 Å². The molecule has 1 aliphatic rings. The van der Waals surface area contributed by atoms with Crippen molar-refractivity contribution >= 4 is 23.6 Å². The Morgan fingerprint density at radius 2 is 1.91 bits per heavy atom. The normalized spacial score (nSPS) is 17.0. The number of hydrogen-bond acceptors (Lipinski definition) is 3. The van der Waals surface area contributed by atoms with Gasteiger partial charge in [0.1, 0.15) is 0 Å². The van der Waals surface area contributed by atoms with Crippen molar-refractivity contribution in [2.24, 2.45) is 11.3 Å². The van der Waals surface area contributed by atoms with Gasteiger partial charge in [-0.15, -0.1) is 11.8 Å². The number of thioether (sulfide) groups is 1. The van der Waals surface area contributed by atoms with Crippen LogP contribution in [0.2, 0.25) is 0 Å². The van der Waals surface area contributed by atoms with Gasteiger partial charge in [0.15, 0.2) is 0 Å². The van der Waals surface area contributed by atoms with Crippen LogP contribution >= 0.6 is 11.8 Å². The predicted octanol–water partition coefficient (Wildman–Crippen LogP) is 2.93. The average Bonchev–Trinajstić information content (AvgIpc) is 3.27. The second-order valence-corrected chi connectivity index (χ2v) is 7.39. The quantitative estimate of drug-likeness (QED) is 0.772. The molecule has 1 fully saturated rings. The van der Waals surface area contributed by atoms with E-state index in [1.165, 1.54) is 5.56 Å². The van der Waals surface area contributed by atoms with Crippen molar-refractivity contribution in [1.29, 1.82) is 0 Å². The van der Waals surface area contributed by atoms with Crippen molar-refractivity contribution in [3.8, 4) is 0 Å². The fourth-order valence-corrected chi connectivity index (χ4v) is 3.49. The molecular weight excluding hydrogens is 298 g/mol. The standard InChI is InChI=1S/C17H23NO3S/c1-12(2)14(22-10-13-6-4-3-5-7-13)15(19)18-11-17(8-9-17)16(20)21/h3-7,12,14H,8-11H2,1-2H3,(H,18,19)(H,20,21). The fraction of sp³-hybridized carbons (Fsp3) is 0.529. The lowest BCUT2D eigenvalue weighted by Gasteiger charge is -2.21. The van der Waals surface area contributed by atoms with E-state index in [0.29, 0.717) is 12.8 Å². The summed E-state index contributed by atoms with van der Waals surface area (Å²) in [6.07, 6.45) is 1.32. The molecule has 0 radical (unpaired) electrons. The van der Waals surface area contributed by atoms with Crippen molar-refractivity contribution in [2.45, 2.75) is 37.7 Å². The number of carbonyl (C=O) groups is 2. The summed E-state index contributed by atoms with van der Waals surface area (Å²) in [7, 11) is 0. The van der Waals surface area contributed by atoms with Gasteiger partial charge in [0.05, 0.1) is 10.7 Å². The summed E-state index contributed by atoms with van der Waals surface area (Å²) in [6.45, 7) is 4.29. The van der Waals surface area contributed by atoms with E-state index in [1.807, 2.05) is 44.2 Å². The largest absolute Gasteiger partial charge is 0.481 e. The number of carboxylic acids is 1. The molecule has 1 aromatic carbocycles. The summed E-state index contributed by atoms with van der Waals surface area (Å²) in [4.78, 5) is 23.5. The van der Waals surface area contributed by atoms with E-state index in [4.69, 9.17) is 5.11 Å². The number of nitrogens with one attached hydrogen (secondary N) is 1. The third kappa shape index (κ3) is 4.26. The number of carboxylic acid groups (broad SMARTS) is 1. The number of rotatable bonds is 8. The molecule has 120 valence electrons. The van der Waals surface area contributed by atoms with E-state index < -0.39 is 11.4 Å². The molecule has 1 atom stereocenters. The number of benzene rings is 1. The first-order chi connectivity index (χ1) is 10.4. The minimum atomic E-state index is -0.800.